The van der Waals surface area contributed by atoms with Gasteiger partial charge in [0.2, 0.25) is 0 Å². The number of carboxylic acids is 2. The second kappa shape index (κ2) is 4.62. The lowest BCUT2D eigenvalue weighted by atomic mass is 9.73. The lowest BCUT2D eigenvalue weighted by Gasteiger charge is -2.42. The Bertz CT molecular complexity index is 405. The first-order chi connectivity index (χ1) is 8.89. The standard InChI is InChI=1S/C7H2F10O4/c8-3(9,1(18)19)5(6(12,13)14,7(15,16)17)4(10,11)2(20)21/h(H,18,19)(H,20,21). The number of carboxylic acid groups (broad SMARTS) is 2. The van der Waals surface area contributed by atoms with Crippen molar-refractivity contribution in [3.63, 3.8) is 0 Å². The molecule has 21 heavy (non-hydrogen) atoms. The van der Waals surface area contributed by atoms with Gasteiger partial charge in [-0.3, -0.25) is 0 Å². The molecule has 124 valence electrons. The lowest BCUT2D eigenvalue weighted by Crippen LogP contribution is -2.73. The number of alkyl halides is 10. The van der Waals surface area contributed by atoms with Crippen molar-refractivity contribution < 1.29 is 63.7 Å². The van der Waals surface area contributed by atoms with Gasteiger partial charge in [0.05, 0.1) is 0 Å². The molecule has 0 rings (SSSR count). The molecule has 0 fully saturated rings. The van der Waals surface area contributed by atoms with Crippen LogP contribution in [0.4, 0.5) is 43.9 Å². The van der Waals surface area contributed by atoms with E-state index in [4.69, 9.17) is 10.2 Å². The number of halogens is 10. The zero-order valence-corrected chi connectivity index (χ0v) is 8.99. The van der Waals surface area contributed by atoms with Crippen molar-refractivity contribution in [2.75, 3.05) is 0 Å². The molecule has 0 aliphatic carbocycles. The SMILES string of the molecule is O=C(O)C(F)(F)C(C(F)(F)F)(C(F)(F)F)C(F)(F)C(=O)O. The van der Waals surface area contributed by atoms with Crippen LogP contribution >= 0.6 is 0 Å². The molecule has 0 amide bonds. The van der Waals surface area contributed by atoms with Gasteiger partial charge in [0, 0.05) is 0 Å². The third-order valence-corrected chi connectivity index (χ3v) is 2.33. The van der Waals surface area contributed by atoms with Crippen LogP contribution in [0.1, 0.15) is 0 Å². The summed E-state index contributed by atoms with van der Waals surface area (Å²) in [6.07, 6.45) is -15.3. The predicted octanol–water partition coefficient (Wildman–Crippen LogP) is 2.54. The first kappa shape index (κ1) is 19.2. The summed E-state index contributed by atoms with van der Waals surface area (Å²) < 4.78 is 126. The molecule has 0 radical (unpaired) electrons. The fraction of sp³-hybridized carbons (Fsp3) is 0.714. The van der Waals surface area contributed by atoms with Gasteiger partial charge >= 0.3 is 41.6 Å². The van der Waals surface area contributed by atoms with Crippen LogP contribution < -0.4 is 0 Å². The molecular weight excluding hydrogens is 338 g/mol. The van der Waals surface area contributed by atoms with Crippen molar-refractivity contribution in [3.05, 3.63) is 0 Å². The summed E-state index contributed by atoms with van der Waals surface area (Å²) in [6, 6.07) is 0. The van der Waals surface area contributed by atoms with Gasteiger partial charge in [-0.15, -0.1) is 0 Å². The average Bonchev–Trinajstić information content (AvgIpc) is 2.10. The van der Waals surface area contributed by atoms with Gasteiger partial charge in [0.1, 0.15) is 0 Å². The molecule has 0 saturated carbocycles. The summed E-state index contributed by atoms with van der Waals surface area (Å²) in [4.78, 5) is 19.9. The molecule has 0 aromatic rings. The normalized spacial score (nSPS) is 15.0. The van der Waals surface area contributed by atoms with Crippen LogP contribution in [0.3, 0.4) is 0 Å². The number of aliphatic carboxylic acids is 2. The smallest absolute Gasteiger partial charge is 0.416 e. The van der Waals surface area contributed by atoms with E-state index in [0.717, 1.165) is 0 Å². The Labute approximate surface area is 106 Å². The molecule has 0 aliphatic rings. The maximum absolute atomic E-state index is 12.9. The van der Waals surface area contributed by atoms with Crippen LogP contribution in [0.5, 0.6) is 0 Å². The van der Waals surface area contributed by atoms with E-state index in [2.05, 4.69) is 0 Å². The molecule has 0 spiro atoms. The van der Waals surface area contributed by atoms with E-state index in [0.29, 0.717) is 0 Å². The molecule has 2 N–H and O–H groups in total. The van der Waals surface area contributed by atoms with E-state index in [-0.39, 0.29) is 0 Å². The Balaban J connectivity index is 7.07. The molecule has 0 atom stereocenters. The number of rotatable bonds is 4. The molecule has 0 bridgehead atoms. The van der Waals surface area contributed by atoms with Gasteiger partial charge in [-0.2, -0.15) is 43.9 Å². The minimum absolute atomic E-state index is 4.22. The van der Waals surface area contributed by atoms with Crippen molar-refractivity contribution in [2.45, 2.75) is 24.2 Å². The van der Waals surface area contributed by atoms with E-state index in [1.165, 1.54) is 0 Å². The first-order valence-corrected chi connectivity index (χ1v) is 4.25. The highest BCUT2D eigenvalue weighted by atomic mass is 19.4. The Morgan fingerprint density at radius 1 is 0.571 bits per heavy atom. The average molecular weight is 340 g/mol. The summed E-state index contributed by atoms with van der Waals surface area (Å²) in [5.41, 5.74) is -7.66. The van der Waals surface area contributed by atoms with Gasteiger partial charge in [-0.1, -0.05) is 0 Å². The van der Waals surface area contributed by atoms with E-state index < -0.39 is 41.6 Å². The zero-order chi connectivity index (χ0) is 17.7. The van der Waals surface area contributed by atoms with Crippen LogP contribution in [-0.4, -0.2) is 46.3 Å². The summed E-state index contributed by atoms with van der Waals surface area (Å²) in [7, 11) is 0. The van der Waals surface area contributed by atoms with Crippen LogP contribution in [0.25, 0.3) is 0 Å². The van der Waals surface area contributed by atoms with Crippen molar-refractivity contribution in [1.82, 2.24) is 0 Å². The van der Waals surface area contributed by atoms with Crippen molar-refractivity contribution in [3.8, 4) is 0 Å². The van der Waals surface area contributed by atoms with Crippen LogP contribution in [0.15, 0.2) is 0 Å². The molecule has 14 heteroatoms. The van der Waals surface area contributed by atoms with Crippen LogP contribution in [0.2, 0.25) is 0 Å². The second-order valence-corrected chi connectivity index (χ2v) is 3.50. The van der Waals surface area contributed by atoms with E-state index in [1.807, 2.05) is 0 Å². The van der Waals surface area contributed by atoms with E-state index >= 15 is 0 Å². The molecule has 0 unspecified atom stereocenters. The summed E-state index contributed by atoms with van der Waals surface area (Å²) in [6.45, 7) is 0. The molecule has 0 aromatic heterocycles. The lowest BCUT2D eigenvalue weighted by molar-refractivity contribution is -0.438. The fourth-order valence-corrected chi connectivity index (χ4v) is 1.39. The molecular formula is C7H2F10O4. The molecule has 0 saturated heterocycles. The molecule has 0 heterocycles. The summed E-state index contributed by atoms with van der Waals surface area (Å²) in [5.74, 6) is -22.9. The Hall–Kier alpha value is -1.76. The second-order valence-electron chi connectivity index (χ2n) is 3.50. The molecule has 0 aromatic carbocycles. The quantitative estimate of drug-likeness (QED) is 0.772. The van der Waals surface area contributed by atoms with Gasteiger partial charge in [0.25, 0.3) is 0 Å². The van der Waals surface area contributed by atoms with Crippen molar-refractivity contribution >= 4 is 11.9 Å². The van der Waals surface area contributed by atoms with E-state index in [9.17, 15) is 53.5 Å². The Morgan fingerprint density at radius 2 is 0.762 bits per heavy atom. The highest BCUT2D eigenvalue weighted by Gasteiger charge is 2.96. The highest BCUT2D eigenvalue weighted by Crippen LogP contribution is 2.65. The van der Waals surface area contributed by atoms with Crippen LogP contribution in [-0.2, 0) is 9.59 Å². The predicted molar refractivity (Wildman–Crippen MR) is 39.7 cm³/mol. The molecule has 0 aliphatic heterocycles. The van der Waals surface area contributed by atoms with Crippen molar-refractivity contribution in [1.29, 1.82) is 0 Å². The highest BCUT2D eigenvalue weighted by molar-refractivity contribution is 5.83. The van der Waals surface area contributed by atoms with Gasteiger partial charge in [-0.05, 0) is 0 Å². The third kappa shape index (κ3) is 2.25. The van der Waals surface area contributed by atoms with E-state index in [1.54, 1.807) is 0 Å². The minimum atomic E-state index is -7.66. The largest absolute Gasteiger partial charge is 0.477 e. The Kier molecular flexibility index (Phi) is 4.24. The Morgan fingerprint density at radius 3 is 0.857 bits per heavy atom. The number of hydrogen-bond acceptors (Lipinski definition) is 2. The minimum Gasteiger partial charge on any atom is -0.477 e. The van der Waals surface area contributed by atoms with Gasteiger partial charge in [-0.25, -0.2) is 9.59 Å². The number of hydrogen-bond donors (Lipinski definition) is 2. The first-order valence-electron chi connectivity index (χ1n) is 4.25. The maximum Gasteiger partial charge on any atom is 0.416 e. The van der Waals surface area contributed by atoms with Gasteiger partial charge < -0.3 is 10.2 Å². The third-order valence-electron chi connectivity index (χ3n) is 2.33. The summed E-state index contributed by atoms with van der Waals surface area (Å²) >= 11 is 0. The molecule has 4 nitrogen and oxygen atoms in total. The summed E-state index contributed by atoms with van der Waals surface area (Å²) in [5, 5.41) is 15.5. The number of carbonyl (C=O) groups is 2. The monoisotopic (exact) mass is 340 g/mol. The maximum atomic E-state index is 12.9. The van der Waals surface area contributed by atoms with Crippen LogP contribution in [0, 0.1) is 5.41 Å². The van der Waals surface area contributed by atoms with Gasteiger partial charge in [0.15, 0.2) is 0 Å². The topological polar surface area (TPSA) is 74.6 Å². The fourth-order valence-electron chi connectivity index (χ4n) is 1.39. The zero-order valence-electron chi connectivity index (χ0n) is 8.99. The van der Waals surface area contributed by atoms with Crippen molar-refractivity contribution in [2.24, 2.45) is 5.41 Å².